The van der Waals surface area contributed by atoms with Gasteiger partial charge in [0.05, 0.1) is 18.1 Å². The molecule has 2 heterocycles. The smallest absolute Gasteiger partial charge is 0.414 e. The van der Waals surface area contributed by atoms with Crippen molar-refractivity contribution in [1.29, 1.82) is 0 Å². The lowest BCUT2D eigenvalue weighted by molar-refractivity contribution is 0.0589. The van der Waals surface area contributed by atoms with Gasteiger partial charge in [-0.3, -0.25) is 4.90 Å². The molecular weight excluding hydrogens is 246 g/mol. The van der Waals surface area contributed by atoms with Crippen LogP contribution in [0.2, 0.25) is 0 Å². The van der Waals surface area contributed by atoms with E-state index >= 15 is 0 Å². The zero-order valence-corrected chi connectivity index (χ0v) is 11.4. The van der Waals surface area contributed by atoms with E-state index in [0.29, 0.717) is 11.2 Å². The summed E-state index contributed by atoms with van der Waals surface area (Å²) >= 11 is 0. The lowest BCUT2D eigenvalue weighted by Crippen LogP contribution is -2.34. The van der Waals surface area contributed by atoms with Crippen molar-refractivity contribution >= 4 is 17.3 Å². The molecule has 102 valence electrons. The first-order chi connectivity index (χ1) is 8.78. The van der Waals surface area contributed by atoms with Gasteiger partial charge in [0.15, 0.2) is 5.75 Å². The summed E-state index contributed by atoms with van der Waals surface area (Å²) in [7, 11) is 1.62. The highest BCUT2D eigenvalue weighted by molar-refractivity contribution is 5.87. The summed E-state index contributed by atoms with van der Waals surface area (Å²) in [5.74, 6) is 0.103. The minimum absolute atomic E-state index is 0.103. The van der Waals surface area contributed by atoms with Crippen molar-refractivity contribution in [3.8, 4) is 5.75 Å². The molecule has 2 aromatic rings. The van der Waals surface area contributed by atoms with E-state index in [1.807, 2.05) is 20.8 Å². The summed E-state index contributed by atoms with van der Waals surface area (Å²) in [6, 6.07) is 3.42. The van der Waals surface area contributed by atoms with Crippen LogP contribution in [0.15, 0.2) is 24.5 Å². The number of anilines is 1. The van der Waals surface area contributed by atoms with E-state index < -0.39 is 11.7 Å². The number of nitrogens with zero attached hydrogens (tertiary/aromatic N) is 3. The van der Waals surface area contributed by atoms with Crippen molar-refractivity contribution in [2.75, 3.05) is 11.9 Å². The molecule has 0 spiro atoms. The standard InChI is InChI=1S/C13H17N3O3/c1-13(2,3)19-12(18)15(4)9-5-6-10-11(17)7-14-16(10)8-9/h5-8,17H,1-4H3. The number of aromatic nitrogens is 2. The lowest BCUT2D eigenvalue weighted by Gasteiger charge is -2.24. The van der Waals surface area contributed by atoms with Gasteiger partial charge in [0, 0.05) is 7.05 Å². The highest BCUT2D eigenvalue weighted by atomic mass is 16.6. The van der Waals surface area contributed by atoms with E-state index in [4.69, 9.17) is 4.74 Å². The molecule has 2 aromatic heterocycles. The zero-order valence-electron chi connectivity index (χ0n) is 11.4. The fraction of sp³-hybridized carbons (Fsp3) is 0.385. The molecule has 0 saturated heterocycles. The van der Waals surface area contributed by atoms with Gasteiger partial charge in [0.2, 0.25) is 0 Å². The van der Waals surface area contributed by atoms with Crippen molar-refractivity contribution in [1.82, 2.24) is 9.61 Å². The number of pyridine rings is 1. The van der Waals surface area contributed by atoms with Gasteiger partial charge >= 0.3 is 6.09 Å². The summed E-state index contributed by atoms with van der Waals surface area (Å²) in [4.78, 5) is 13.3. The van der Waals surface area contributed by atoms with Crippen molar-refractivity contribution in [2.24, 2.45) is 0 Å². The van der Waals surface area contributed by atoms with Crippen LogP contribution in [-0.4, -0.2) is 33.5 Å². The minimum atomic E-state index is -0.542. The number of hydrogen-bond acceptors (Lipinski definition) is 4. The van der Waals surface area contributed by atoms with Crippen LogP contribution in [0.5, 0.6) is 5.75 Å². The van der Waals surface area contributed by atoms with Crippen LogP contribution >= 0.6 is 0 Å². The number of ether oxygens (including phenoxy) is 1. The Morgan fingerprint density at radius 3 is 2.74 bits per heavy atom. The molecule has 1 amide bonds. The Morgan fingerprint density at radius 2 is 2.11 bits per heavy atom. The third-order valence-corrected chi connectivity index (χ3v) is 2.53. The number of rotatable bonds is 1. The molecule has 0 saturated carbocycles. The maximum atomic E-state index is 11.9. The maximum absolute atomic E-state index is 11.9. The molecule has 1 N–H and O–H groups in total. The van der Waals surface area contributed by atoms with Gasteiger partial charge in [-0.25, -0.2) is 9.31 Å². The van der Waals surface area contributed by atoms with Gasteiger partial charge in [0.1, 0.15) is 11.1 Å². The van der Waals surface area contributed by atoms with E-state index in [-0.39, 0.29) is 5.75 Å². The second-order valence-electron chi connectivity index (χ2n) is 5.29. The Morgan fingerprint density at radius 1 is 1.42 bits per heavy atom. The summed E-state index contributed by atoms with van der Waals surface area (Å²) in [5.41, 5.74) is 0.672. The number of carbonyl (C=O) groups excluding carboxylic acids is 1. The van der Waals surface area contributed by atoms with Gasteiger partial charge < -0.3 is 9.84 Å². The predicted molar refractivity (Wildman–Crippen MR) is 71.5 cm³/mol. The Kier molecular flexibility index (Phi) is 3.09. The fourth-order valence-corrected chi connectivity index (χ4v) is 1.59. The first-order valence-corrected chi connectivity index (χ1v) is 5.91. The number of hydrogen-bond donors (Lipinski definition) is 1. The third kappa shape index (κ3) is 2.78. The van der Waals surface area contributed by atoms with E-state index in [1.165, 1.54) is 15.6 Å². The van der Waals surface area contributed by atoms with Crippen LogP contribution in [0.3, 0.4) is 0 Å². The zero-order chi connectivity index (χ0) is 14.2. The molecule has 19 heavy (non-hydrogen) atoms. The van der Waals surface area contributed by atoms with Crippen LogP contribution in [0.4, 0.5) is 10.5 Å². The molecule has 0 aromatic carbocycles. The molecule has 0 atom stereocenters. The molecular formula is C13H17N3O3. The minimum Gasteiger partial charge on any atom is -0.504 e. The molecule has 0 aliphatic rings. The van der Waals surface area contributed by atoms with Crippen LogP contribution in [0.25, 0.3) is 5.52 Å². The van der Waals surface area contributed by atoms with E-state index in [1.54, 1.807) is 25.4 Å². The molecule has 6 nitrogen and oxygen atoms in total. The van der Waals surface area contributed by atoms with Gasteiger partial charge in [0.25, 0.3) is 0 Å². The third-order valence-electron chi connectivity index (χ3n) is 2.53. The lowest BCUT2D eigenvalue weighted by atomic mass is 10.2. The van der Waals surface area contributed by atoms with E-state index in [0.717, 1.165) is 0 Å². The average molecular weight is 263 g/mol. The summed E-state index contributed by atoms with van der Waals surface area (Å²) in [5, 5.41) is 13.5. The maximum Gasteiger partial charge on any atom is 0.414 e. The van der Waals surface area contributed by atoms with Crippen LogP contribution in [-0.2, 0) is 4.74 Å². The van der Waals surface area contributed by atoms with Crippen LogP contribution in [0.1, 0.15) is 20.8 Å². The molecule has 0 unspecified atom stereocenters. The van der Waals surface area contributed by atoms with E-state index in [9.17, 15) is 9.90 Å². The highest BCUT2D eigenvalue weighted by Gasteiger charge is 2.21. The first kappa shape index (κ1) is 13.2. The number of carbonyl (C=O) groups is 1. The summed E-state index contributed by atoms with van der Waals surface area (Å²) < 4.78 is 6.78. The molecule has 0 aliphatic heterocycles. The molecule has 0 aliphatic carbocycles. The second-order valence-corrected chi connectivity index (χ2v) is 5.29. The summed E-state index contributed by atoms with van der Waals surface area (Å²) in [6.07, 6.45) is 2.56. The summed E-state index contributed by atoms with van der Waals surface area (Å²) in [6.45, 7) is 5.44. The van der Waals surface area contributed by atoms with Gasteiger partial charge in [-0.2, -0.15) is 5.10 Å². The molecule has 0 fully saturated rings. The highest BCUT2D eigenvalue weighted by Crippen LogP contribution is 2.22. The Hall–Kier alpha value is -2.24. The molecule has 2 rings (SSSR count). The van der Waals surface area contributed by atoms with Gasteiger partial charge in [-0.05, 0) is 32.9 Å². The normalized spacial score (nSPS) is 11.6. The van der Waals surface area contributed by atoms with E-state index in [2.05, 4.69) is 5.10 Å². The molecule has 6 heteroatoms. The predicted octanol–water partition coefficient (Wildman–Crippen LogP) is 2.41. The van der Waals surface area contributed by atoms with Crippen LogP contribution in [0, 0.1) is 0 Å². The fourth-order valence-electron chi connectivity index (χ4n) is 1.59. The van der Waals surface area contributed by atoms with Gasteiger partial charge in [-0.15, -0.1) is 0 Å². The molecule has 0 bridgehead atoms. The first-order valence-electron chi connectivity index (χ1n) is 5.91. The number of amides is 1. The van der Waals surface area contributed by atoms with Crippen LogP contribution < -0.4 is 4.90 Å². The van der Waals surface area contributed by atoms with Crippen molar-refractivity contribution in [3.05, 3.63) is 24.5 Å². The Balaban J connectivity index is 2.26. The van der Waals surface area contributed by atoms with Crippen molar-refractivity contribution < 1.29 is 14.6 Å². The number of fused-ring (bicyclic) bond motifs is 1. The van der Waals surface area contributed by atoms with Crippen molar-refractivity contribution in [2.45, 2.75) is 26.4 Å². The monoisotopic (exact) mass is 263 g/mol. The quantitative estimate of drug-likeness (QED) is 0.858. The number of aromatic hydroxyl groups is 1. The second kappa shape index (κ2) is 4.46. The van der Waals surface area contributed by atoms with Crippen molar-refractivity contribution in [3.63, 3.8) is 0 Å². The Bertz CT molecular complexity index is 613. The molecule has 0 radical (unpaired) electrons. The van der Waals surface area contributed by atoms with Gasteiger partial charge in [-0.1, -0.05) is 0 Å². The Labute approximate surface area is 111 Å². The largest absolute Gasteiger partial charge is 0.504 e. The average Bonchev–Trinajstić information content (AvgIpc) is 2.67. The topological polar surface area (TPSA) is 67.1 Å². The SMILES string of the molecule is CN(C(=O)OC(C)(C)C)c1ccc2c(O)cnn2c1.